The van der Waals surface area contributed by atoms with E-state index in [0.29, 0.717) is 13.0 Å². The molecule has 0 aromatic rings. The average Bonchev–Trinajstić information content (AvgIpc) is 2.21. The molecule has 0 aromatic carbocycles. The summed E-state index contributed by atoms with van der Waals surface area (Å²) in [5.74, 6) is 0.402. The van der Waals surface area contributed by atoms with Crippen LogP contribution < -0.4 is 0 Å². The van der Waals surface area contributed by atoms with Crippen molar-refractivity contribution >= 4 is 5.91 Å². The topological polar surface area (TPSA) is 40.5 Å². The highest BCUT2D eigenvalue weighted by atomic mass is 16.3. The maximum Gasteiger partial charge on any atom is 0.225 e. The van der Waals surface area contributed by atoms with Gasteiger partial charge >= 0.3 is 0 Å². The zero-order valence-corrected chi connectivity index (χ0v) is 9.62. The SMILES string of the molecule is CCC(CC)C(=O)N(CC)CCCO. The second-order valence-electron chi connectivity index (χ2n) is 3.51. The molecule has 0 heterocycles. The monoisotopic (exact) mass is 201 g/mol. The highest BCUT2D eigenvalue weighted by Crippen LogP contribution is 2.11. The Morgan fingerprint density at radius 2 is 1.86 bits per heavy atom. The Hall–Kier alpha value is -0.570. The molecule has 3 nitrogen and oxygen atoms in total. The van der Waals surface area contributed by atoms with Gasteiger partial charge in [0, 0.05) is 25.6 Å². The molecule has 0 aliphatic carbocycles. The van der Waals surface area contributed by atoms with Crippen LogP contribution in [0.5, 0.6) is 0 Å². The van der Waals surface area contributed by atoms with E-state index in [1.807, 2.05) is 25.7 Å². The fourth-order valence-electron chi connectivity index (χ4n) is 1.58. The smallest absolute Gasteiger partial charge is 0.225 e. The first-order chi connectivity index (χ1) is 6.71. The van der Waals surface area contributed by atoms with Gasteiger partial charge in [-0.15, -0.1) is 0 Å². The zero-order chi connectivity index (χ0) is 11.0. The number of aliphatic hydroxyl groups excluding tert-OH is 1. The molecular weight excluding hydrogens is 178 g/mol. The molecule has 0 bridgehead atoms. The number of nitrogens with zero attached hydrogens (tertiary/aromatic N) is 1. The Kier molecular flexibility index (Phi) is 7.48. The Balaban J connectivity index is 4.13. The molecule has 1 amide bonds. The van der Waals surface area contributed by atoms with Gasteiger partial charge in [0.2, 0.25) is 5.91 Å². The van der Waals surface area contributed by atoms with E-state index < -0.39 is 0 Å². The number of hydrogen-bond acceptors (Lipinski definition) is 2. The Morgan fingerprint density at radius 1 is 1.29 bits per heavy atom. The van der Waals surface area contributed by atoms with E-state index in [4.69, 9.17) is 5.11 Å². The third-order valence-corrected chi connectivity index (χ3v) is 2.61. The number of carbonyl (C=O) groups excluding carboxylic acids is 1. The molecule has 1 N–H and O–H groups in total. The molecule has 0 spiro atoms. The molecule has 0 radical (unpaired) electrons. The predicted molar refractivity (Wildman–Crippen MR) is 58.0 cm³/mol. The van der Waals surface area contributed by atoms with Crippen LogP contribution in [0.15, 0.2) is 0 Å². The van der Waals surface area contributed by atoms with Crippen molar-refractivity contribution in [3.63, 3.8) is 0 Å². The van der Waals surface area contributed by atoms with Crippen LogP contribution in [0.4, 0.5) is 0 Å². The molecule has 0 aromatic heterocycles. The number of hydrogen-bond donors (Lipinski definition) is 1. The Bertz CT molecular complexity index is 155. The lowest BCUT2D eigenvalue weighted by Crippen LogP contribution is -2.36. The van der Waals surface area contributed by atoms with E-state index in [1.54, 1.807) is 0 Å². The summed E-state index contributed by atoms with van der Waals surface area (Å²) >= 11 is 0. The third-order valence-electron chi connectivity index (χ3n) is 2.61. The summed E-state index contributed by atoms with van der Waals surface area (Å²) in [6.07, 6.45) is 2.50. The highest BCUT2D eigenvalue weighted by molar-refractivity contribution is 5.78. The fourth-order valence-corrected chi connectivity index (χ4v) is 1.58. The van der Waals surface area contributed by atoms with Crippen LogP contribution in [0.3, 0.4) is 0 Å². The molecule has 0 saturated carbocycles. The van der Waals surface area contributed by atoms with Crippen LogP contribution in [0.2, 0.25) is 0 Å². The molecule has 84 valence electrons. The van der Waals surface area contributed by atoms with Crippen LogP contribution >= 0.6 is 0 Å². The van der Waals surface area contributed by atoms with E-state index >= 15 is 0 Å². The number of amides is 1. The average molecular weight is 201 g/mol. The Labute approximate surface area is 87.1 Å². The van der Waals surface area contributed by atoms with E-state index in [-0.39, 0.29) is 18.4 Å². The lowest BCUT2D eigenvalue weighted by atomic mass is 10.0. The molecule has 3 heteroatoms. The summed E-state index contributed by atoms with van der Waals surface area (Å²) in [7, 11) is 0. The van der Waals surface area contributed by atoms with Crippen molar-refractivity contribution < 1.29 is 9.90 Å². The van der Waals surface area contributed by atoms with Gasteiger partial charge < -0.3 is 10.0 Å². The van der Waals surface area contributed by atoms with E-state index in [9.17, 15) is 4.79 Å². The molecule has 0 aliphatic heterocycles. The van der Waals surface area contributed by atoms with Crippen LogP contribution in [0.25, 0.3) is 0 Å². The second-order valence-corrected chi connectivity index (χ2v) is 3.51. The van der Waals surface area contributed by atoms with Crippen LogP contribution in [0, 0.1) is 5.92 Å². The standard InChI is InChI=1S/C11H23NO2/c1-4-10(5-2)11(14)12(6-3)8-7-9-13/h10,13H,4-9H2,1-3H3. The molecule has 0 aliphatic rings. The molecule has 14 heavy (non-hydrogen) atoms. The minimum absolute atomic E-state index is 0.159. The van der Waals surface area contributed by atoms with Crippen LogP contribution in [-0.2, 0) is 4.79 Å². The molecule has 0 fully saturated rings. The van der Waals surface area contributed by atoms with Gasteiger partial charge in [0.15, 0.2) is 0 Å². The van der Waals surface area contributed by atoms with Gasteiger partial charge in [-0.3, -0.25) is 4.79 Å². The summed E-state index contributed by atoms with van der Waals surface area (Å²) in [6.45, 7) is 7.67. The zero-order valence-electron chi connectivity index (χ0n) is 9.62. The maximum atomic E-state index is 11.9. The van der Waals surface area contributed by atoms with Gasteiger partial charge in [0.05, 0.1) is 0 Å². The first-order valence-corrected chi connectivity index (χ1v) is 5.60. The molecule has 0 saturated heterocycles. The van der Waals surface area contributed by atoms with E-state index in [2.05, 4.69) is 0 Å². The summed E-state index contributed by atoms with van der Waals surface area (Å²) in [4.78, 5) is 13.7. The fraction of sp³-hybridized carbons (Fsp3) is 0.909. The summed E-state index contributed by atoms with van der Waals surface area (Å²) in [5, 5.41) is 8.71. The van der Waals surface area contributed by atoms with Crippen molar-refractivity contribution in [2.75, 3.05) is 19.7 Å². The van der Waals surface area contributed by atoms with Crippen molar-refractivity contribution in [2.45, 2.75) is 40.0 Å². The first kappa shape index (κ1) is 13.4. The second kappa shape index (κ2) is 7.80. The van der Waals surface area contributed by atoms with Gasteiger partial charge in [-0.25, -0.2) is 0 Å². The van der Waals surface area contributed by atoms with Crippen LogP contribution in [-0.4, -0.2) is 35.6 Å². The minimum Gasteiger partial charge on any atom is -0.396 e. The number of aliphatic hydroxyl groups is 1. The summed E-state index contributed by atoms with van der Waals surface area (Å²) < 4.78 is 0. The highest BCUT2D eigenvalue weighted by Gasteiger charge is 2.19. The van der Waals surface area contributed by atoms with Crippen molar-refractivity contribution in [1.82, 2.24) is 4.90 Å². The lowest BCUT2D eigenvalue weighted by Gasteiger charge is -2.24. The quantitative estimate of drug-likeness (QED) is 0.680. The summed E-state index contributed by atoms with van der Waals surface area (Å²) in [5.41, 5.74) is 0. The normalized spacial score (nSPS) is 10.6. The maximum absolute atomic E-state index is 11.9. The van der Waals surface area contributed by atoms with E-state index in [1.165, 1.54) is 0 Å². The van der Waals surface area contributed by atoms with Crippen molar-refractivity contribution in [3.8, 4) is 0 Å². The number of rotatable bonds is 7. The lowest BCUT2D eigenvalue weighted by molar-refractivity contribution is -0.135. The molecular formula is C11H23NO2. The van der Waals surface area contributed by atoms with Crippen LogP contribution in [0.1, 0.15) is 40.0 Å². The Morgan fingerprint density at radius 3 is 2.21 bits per heavy atom. The molecule has 0 atom stereocenters. The molecule has 0 rings (SSSR count). The minimum atomic E-state index is 0.159. The van der Waals surface area contributed by atoms with Gasteiger partial charge in [0.25, 0.3) is 0 Å². The van der Waals surface area contributed by atoms with Gasteiger partial charge in [0.1, 0.15) is 0 Å². The van der Waals surface area contributed by atoms with Crippen molar-refractivity contribution in [2.24, 2.45) is 5.92 Å². The van der Waals surface area contributed by atoms with Gasteiger partial charge in [-0.05, 0) is 26.2 Å². The van der Waals surface area contributed by atoms with Crippen molar-refractivity contribution in [3.05, 3.63) is 0 Å². The number of carbonyl (C=O) groups is 1. The first-order valence-electron chi connectivity index (χ1n) is 5.60. The summed E-state index contributed by atoms with van der Waals surface area (Å²) in [6, 6.07) is 0. The van der Waals surface area contributed by atoms with E-state index in [0.717, 1.165) is 19.4 Å². The predicted octanol–water partition coefficient (Wildman–Crippen LogP) is 1.65. The third kappa shape index (κ3) is 4.09. The van der Waals surface area contributed by atoms with Gasteiger partial charge in [-0.2, -0.15) is 0 Å². The van der Waals surface area contributed by atoms with Gasteiger partial charge in [-0.1, -0.05) is 13.8 Å². The largest absolute Gasteiger partial charge is 0.396 e. The van der Waals surface area contributed by atoms with Crippen molar-refractivity contribution in [1.29, 1.82) is 0 Å². The molecule has 0 unspecified atom stereocenters.